The van der Waals surface area contributed by atoms with Gasteiger partial charge in [-0.1, -0.05) is 51.3 Å². The Balaban J connectivity index is 1.53. The third-order valence-electron chi connectivity index (χ3n) is 9.18. The van der Waals surface area contributed by atoms with Crippen molar-refractivity contribution in [2.75, 3.05) is 0 Å². The molecular formula is C33H37N3O2. The summed E-state index contributed by atoms with van der Waals surface area (Å²) < 4.78 is 5.25. The van der Waals surface area contributed by atoms with Crippen molar-refractivity contribution in [1.82, 2.24) is 0 Å². The molecule has 5 nitrogen and oxygen atoms in total. The van der Waals surface area contributed by atoms with Gasteiger partial charge in [-0.25, -0.2) is 0 Å². The Kier molecular flexibility index (Phi) is 8.54. The van der Waals surface area contributed by atoms with E-state index >= 15 is 0 Å². The predicted octanol–water partition coefficient (Wildman–Crippen LogP) is 7.57. The van der Waals surface area contributed by atoms with E-state index in [4.69, 9.17) is 4.74 Å². The second kappa shape index (κ2) is 11.8. The summed E-state index contributed by atoms with van der Waals surface area (Å²) in [4.78, 5) is 11.6. The van der Waals surface area contributed by atoms with Gasteiger partial charge in [0, 0.05) is 6.42 Å². The fraction of sp³-hybridized carbons (Fsp3) is 0.515. The van der Waals surface area contributed by atoms with Crippen molar-refractivity contribution >= 4 is 5.97 Å². The van der Waals surface area contributed by atoms with Crippen LogP contribution in [-0.4, -0.2) is 5.97 Å². The molecule has 0 aromatic heterocycles. The molecule has 3 fully saturated rings. The number of rotatable bonds is 10. The Labute approximate surface area is 227 Å². The second-order valence-electron chi connectivity index (χ2n) is 11.2. The van der Waals surface area contributed by atoms with E-state index in [0.717, 1.165) is 36.0 Å². The molecule has 3 saturated carbocycles. The number of carbonyl (C=O) groups excluding carboxylic acids is 1. The second-order valence-corrected chi connectivity index (χ2v) is 11.2. The quantitative estimate of drug-likeness (QED) is 0.188. The lowest BCUT2D eigenvalue weighted by atomic mass is 9.50. The van der Waals surface area contributed by atoms with Crippen LogP contribution in [0.5, 0.6) is 5.75 Å². The Bertz CT molecular complexity index is 1300. The number of carbonyl (C=O) groups is 1. The summed E-state index contributed by atoms with van der Waals surface area (Å²) in [5, 5.41) is 30.0. The number of esters is 1. The van der Waals surface area contributed by atoms with E-state index in [1.165, 1.54) is 44.9 Å². The molecule has 5 heteroatoms. The molecule has 0 N–H and O–H groups in total. The highest BCUT2D eigenvalue weighted by Crippen LogP contribution is 2.60. The van der Waals surface area contributed by atoms with Crippen LogP contribution in [0.4, 0.5) is 0 Å². The van der Waals surface area contributed by atoms with E-state index in [9.17, 15) is 20.6 Å². The molecule has 3 aliphatic rings. The van der Waals surface area contributed by atoms with Gasteiger partial charge in [-0.05, 0) is 97.4 Å². The van der Waals surface area contributed by atoms with Crippen LogP contribution in [0.3, 0.4) is 0 Å². The summed E-state index contributed by atoms with van der Waals surface area (Å²) in [6.07, 6.45) is 13.6. The molecule has 3 aliphatic carbocycles. The van der Waals surface area contributed by atoms with Crippen LogP contribution in [0.1, 0.15) is 118 Å². The first-order chi connectivity index (χ1) is 18.4. The number of ether oxygens (including phenoxy) is 1. The number of hydrogen-bond acceptors (Lipinski definition) is 5. The van der Waals surface area contributed by atoms with Gasteiger partial charge >= 0.3 is 5.97 Å². The lowest BCUT2D eigenvalue weighted by Gasteiger charge is -2.54. The van der Waals surface area contributed by atoms with Crippen molar-refractivity contribution in [3.8, 4) is 24.0 Å². The van der Waals surface area contributed by atoms with Gasteiger partial charge in [0.25, 0.3) is 0 Å². The van der Waals surface area contributed by atoms with Crippen molar-refractivity contribution in [3.05, 3.63) is 63.7 Å². The third kappa shape index (κ3) is 5.47. The Morgan fingerprint density at radius 2 is 1.50 bits per heavy atom. The number of unbranched alkanes of at least 4 members (excludes halogenated alkanes) is 2. The average molecular weight is 508 g/mol. The summed E-state index contributed by atoms with van der Waals surface area (Å²) in [5.41, 5.74) is 4.73. The molecule has 2 bridgehead atoms. The number of nitriles is 3. The van der Waals surface area contributed by atoms with E-state index in [2.05, 4.69) is 31.2 Å². The maximum atomic E-state index is 11.6. The van der Waals surface area contributed by atoms with E-state index < -0.39 is 0 Å². The van der Waals surface area contributed by atoms with Gasteiger partial charge in [0.15, 0.2) is 0 Å². The number of benzene rings is 2. The molecule has 0 heterocycles. The highest BCUT2D eigenvalue weighted by Gasteiger charge is 2.49. The van der Waals surface area contributed by atoms with Gasteiger partial charge in [0.05, 0.1) is 22.8 Å². The molecule has 2 aromatic rings. The standard InChI is InChI=1S/C33H37N3O2/c1-3-5-6-13-32-14-17-33(18-15-32,19-16-32)30-12-10-25(28(22-35)29(30)23-36)8-7-24-9-11-27(20-26(24)21-34)38-31(37)4-2/h9-12,20H,3-8,13-19H2,1-2H3. The molecule has 0 spiro atoms. The topological polar surface area (TPSA) is 97.7 Å². The molecule has 0 radical (unpaired) electrons. The minimum atomic E-state index is -0.345. The lowest BCUT2D eigenvalue weighted by molar-refractivity contribution is -0.134. The van der Waals surface area contributed by atoms with Gasteiger partial charge in [-0.2, -0.15) is 15.8 Å². The fourth-order valence-electron chi connectivity index (χ4n) is 6.75. The first-order valence-electron chi connectivity index (χ1n) is 14.1. The fourth-order valence-corrected chi connectivity index (χ4v) is 6.75. The van der Waals surface area contributed by atoms with Gasteiger partial charge < -0.3 is 4.74 Å². The van der Waals surface area contributed by atoms with Crippen LogP contribution in [0.2, 0.25) is 0 Å². The molecule has 38 heavy (non-hydrogen) atoms. The molecule has 196 valence electrons. The summed E-state index contributed by atoms with van der Waals surface area (Å²) >= 11 is 0. The van der Waals surface area contributed by atoms with Crippen molar-refractivity contribution in [2.24, 2.45) is 5.41 Å². The smallest absolute Gasteiger partial charge is 0.310 e. The van der Waals surface area contributed by atoms with Gasteiger partial charge in [-0.3, -0.25) is 4.79 Å². The Morgan fingerprint density at radius 3 is 2.11 bits per heavy atom. The molecule has 0 unspecified atom stereocenters. The Morgan fingerprint density at radius 1 is 0.842 bits per heavy atom. The van der Waals surface area contributed by atoms with Crippen molar-refractivity contribution in [2.45, 2.75) is 103 Å². The summed E-state index contributed by atoms with van der Waals surface area (Å²) in [6.45, 7) is 3.98. The average Bonchev–Trinajstić information content (AvgIpc) is 2.96. The molecule has 0 saturated heterocycles. The van der Waals surface area contributed by atoms with E-state index in [-0.39, 0.29) is 17.8 Å². The van der Waals surface area contributed by atoms with Gasteiger partial charge in [0.2, 0.25) is 0 Å². The number of fused-ring (bicyclic) bond motifs is 3. The molecule has 5 rings (SSSR count). The maximum Gasteiger partial charge on any atom is 0.310 e. The molecule has 0 atom stereocenters. The van der Waals surface area contributed by atoms with Crippen LogP contribution in [-0.2, 0) is 23.1 Å². The van der Waals surface area contributed by atoms with Crippen molar-refractivity contribution in [1.29, 1.82) is 15.8 Å². The SMILES string of the molecule is CCCCCC12CCC(c3ccc(CCc4ccc(OC(=O)CC)cc4C#N)c(C#N)c3C#N)(CC1)CC2. The highest BCUT2D eigenvalue weighted by atomic mass is 16.5. The predicted molar refractivity (Wildman–Crippen MR) is 146 cm³/mol. The monoisotopic (exact) mass is 507 g/mol. The molecule has 0 aliphatic heterocycles. The maximum absolute atomic E-state index is 11.6. The number of aryl methyl sites for hydroxylation is 2. The zero-order valence-electron chi connectivity index (χ0n) is 22.7. The van der Waals surface area contributed by atoms with E-state index in [0.29, 0.717) is 40.7 Å². The Hall–Kier alpha value is -3.62. The summed E-state index contributed by atoms with van der Waals surface area (Å²) in [6, 6.07) is 16.2. The van der Waals surface area contributed by atoms with Gasteiger partial charge in [-0.15, -0.1) is 0 Å². The number of nitrogens with zero attached hydrogens (tertiary/aromatic N) is 3. The van der Waals surface area contributed by atoms with Crippen LogP contribution in [0, 0.1) is 39.4 Å². The first kappa shape index (κ1) is 27.4. The number of hydrogen-bond donors (Lipinski definition) is 0. The van der Waals surface area contributed by atoms with E-state index in [1.54, 1.807) is 25.1 Å². The molecular weight excluding hydrogens is 470 g/mol. The minimum Gasteiger partial charge on any atom is -0.426 e. The lowest BCUT2D eigenvalue weighted by Crippen LogP contribution is -2.44. The highest BCUT2D eigenvalue weighted by molar-refractivity contribution is 5.72. The normalized spacial score (nSPS) is 21.8. The van der Waals surface area contributed by atoms with Crippen LogP contribution in [0.25, 0.3) is 0 Å². The largest absolute Gasteiger partial charge is 0.426 e. The third-order valence-corrected chi connectivity index (χ3v) is 9.18. The van der Waals surface area contributed by atoms with E-state index in [1.807, 2.05) is 6.07 Å². The zero-order chi connectivity index (χ0) is 27.2. The van der Waals surface area contributed by atoms with Gasteiger partial charge in [0.1, 0.15) is 17.9 Å². The molecule has 0 amide bonds. The van der Waals surface area contributed by atoms with Crippen LogP contribution < -0.4 is 4.74 Å². The van der Waals surface area contributed by atoms with Crippen LogP contribution >= 0.6 is 0 Å². The molecule has 2 aromatic carbocycles. The van der Waals surface area contributed by atoms with Crippen LogP contribution in [0.15, 0.2) is 30.3 Å². The zero-order valence-corrected chi connectivity index (χ0v) is 22.7. The summed E-state index contributed by atoms with van der Waals surface area (Å²) in [7, 11) is 0. The first-order valence-corrected chi connectivity index (χ1v) is 14.1. The summed E-state index contributed by atoms with van der Waals surface area (Å²) in [5.74, 6) is 0.0154. The minimum absolute atomic E-state index is 0.0153. The van der Waals surface area contributed by atoms with Crippen molar-refractivity contribution in [3.63, 3.8) is 0 Å². The van der Waals surface area contributed by atoms with Crippen molar-refractivity contribution < 1.29 is 9.53 Å².